The molecular formula is C28H37F3N7O5P. The minimum atomic E-state index is -4.50. The molecule has 44 heavy (non-hydrogen) atoms. The number of aryl methyl sites for hydroxylation is 1. The number of unbranched alkanes of at least 4 members (excludes halogenated alkanes) is 1. The van der Waals surface area contributed by atoms with Crippen LogP contribution in [0.25, 0.3) is 22.6 Å². The second-order valence-electron chi connectivity index (χ2n) is 10.5. The highest BCUT2D eigenvalue weighted by Gasteiger charge is 2.36. The highest BCUT2D eigenvalue weighted by molar-refractivity contribution is 7.52. The Morgan fingerprint density at radius 2 is 1.84 bits per heavy atom. The first kappa shape index (κ1) is 33.4. The molecule has 12 nitrogen and oxygen atoms in total. The van der Waals surface area contributed by atoms with Crippen molar-refractivity contribution in [2.45, 2.75) is 58.9 Å². The van der Waals surface area contributed by atoms with E-state index in [4.69, 9.17) is 9.05 Å². The maximum absolute atomic E-state index is 14.4. The topological polar surface area (TPSA) is 118 Å². The van der Waals surface area contributed by atoms with Gasteiger partial charge in [0.25, 0.3) is 5.56 Å². The lowest BCUT2D eigenvalue weighted by molar-refractivity contribution is -0.137. The number of hydrogen-bond donors (Lipinski definition) is 0. The van der Waals surface area contributed by atoms with Crippen LogP contribution in [0.3, 0.4) is 0 Å². The molecule has 1 unspecified atom stereocenters. The molecule has 240 valence electrons. The van der Waals surface area contributed by atoms with Crippen molar-refractivity contribution in [3.63, 3.8) is 0 Å². The molecule has 4 aromatic rings. The van der Waals surface area contributed by atoms with Crippen LogP contribution in [-0.2, 0) is 39.4 Å². The maximum atomic E-state index is 14.4. The molecule has 3 heterocycles. The molecule has 1 atom stereocenters. The Morgan fingerprint density at radius 3 is 2.48 bits per heavy atom. The van der Waals surface area contributed by atoms with E-state index >= 15 is 0 Å². The number of hydrogen-bond acceptors (Lipinski definition) is 8. The number of rotatable bonds is 14. The molecule has 0 aliphatic rings. The van der Waals surface area contributed by atoms with Gasteiger partial charge in [0, 0.05) is 26.4 Å². The van der Waals surface area contributed by atoms with E-state index in [0.717, 1.165) is 34.0 Å². The fourth-order valence-electron chi connectivity index (χ4n) is 4.86. The number of aromatic nitrogens is 6. The Bertz CT molecular complexity index is 1770. The first-order chi connectivity index (χ1) is 20.8. The van der Waals surface area contributed by atoms with Crippen LogP contribution in [0.1, 0.15) is 44.2 Å². The van der Waals surface area contributed by atoms with Crippen LogP contribution < -0.4 is 11.2 Å². The zero-order chi connectivity index (χ0) is 32.2. The highest BCUT2D eigenvalue weighted by Crippen LogP contribution is 2.53. The maximum Gasteiger partial charge on any atom is 0.441 e. The summed E-state index contributed by atoms with van der Waals surface area (Å²) in [4.78, 5) is 33.6. The molecule has 0 amide bonds. The zero-order valence-electron chi connectivity index (χ0n) is 25.4. The van der Waals surface area contributed by atoms with Gasteiger partial charge in [0.15, 0.2) is 17.0 Å². The van der Waals surface area contributed by atoms with Crippen LogP contribution in [0.5, 0.6) is 0 Å². The van der Waals surface area contributed by atoms with Gasteiger partial charge in [0.2, 0.25) is 0 Å². The minimum absolute atomic E-state index is 0.00159. The fourth-order valence-corrected chi connectivity index (χ4v) is 6.41. The predicted octanol–water partition coefficient (Wildman–Crippen LogP) is 4.68. The van der Waals surface area contributed by atoms with Gasteiger partial charge in [-0.1, -0.05) is 19.1 Å². The van der Waals surface area contributed by atoms with Gasteiger partial charge >= 0.3 is 19.6 Å². The van der Waals surface area contributed by atoms with Gasteiger partial charge in [-0.15, -0.1) is 0 Å². The molecular weight excluding hydrogens is 602 g/mol. The molecule has 0 spiro atoms. The standard InChI is InChI=1S/C28H37F3N7O5P/c1-6-13-37-26(39)23-25(36(7-2)27(37)40)33-24(38(23)44(41,42-5)43-15-9-8-14-34(3)4)21-17-32-35(19-21)18-20-11-10-12-22(16-20)28(29,30)31/h10-12,16-17,19H,6-9,13-15,18H2,1-5H3. The SMILES string of the molecule is CCCn1c(=O)c2c(nc(-c3cnn(Cc4cccc(C(F)(F)F)c4)c3)n2P(=O)(OC)OCCCCN(C)C)n(CC)c1=O. The smallest absolute Gasteiger partial charge is 0.309 e. The molecule has 0 aliphatic carbocycles. The van der Waals surface area contributed by atoms with Crippen molar-refractivity contribution in [2.24, 2.45) is 0 Å². The summed E-state index contributed by atoms with van der Waals surface area (Å²) in [6, 6.07) is 4.89. The summed E-state index contributed by atoms with van der Waals surface area (Å²) in [7, 11) is 0.815. The number of imidazole rings is 1. The van der Waals surface area contributed by atoms with E-state index in [0.29, 0.717) is 24.0 Å². The molecule has 0 saturated carbocycles. The first-order valence-electron chi connectivity index (χ1n) is 14.3. The van der Waals surface area contributed by atoms with E-state index in [1.54, 1.807) is 13.0 Å². The van der Waals surface area contributed by atoms with Crippen molar-refractivity contribution < 1.29 is 26.8 Å². The van der Waals surface area contributed by atoms with Gasteiger partial charge < -0.3 is 4.90 Å². The Labute approximate surface area is 252 Å². The van der Waals surface area contributed by atoms with E-state index in [1.807, 2.05) is 25.9 Å². The fraction of sp³-hybridized carbons (Fsp3) is 0.500. The molecule has 0 saturated heterocycles. The Hall–Kier alpha value is -3.52. The van der Waals surface area contributed by atoms with Crippen LogP contribution >= 0.6 is 7.75 Å². The number of alkyl halides is 3. The molecule has 0 aliphatic heterocycles. The van der Waals surface area contributed by atoms with Crippen LogP contribution in [0.15, 0.2) is 46.2 Å². The zero-order valence-corrected chi connectivity index (χ0v) is 26.3. The van der Waals surface area contributed by atoms with Crippen molar-refractivity contribution in [2.75, 3.05) is 34.4 Å². The minimum Gasteiger partial charge on any atom is -0.309 e. The summed E-state index contributed by atoms with van der Waals surface area (Å²) in [6.07, 6.45) is 0.217. The lowest BCUT2D eigenvalue weighted by Gasteiger charge is -2.20. The van der Waals surface area contributed by atoms with Crippen molar-refractivity contribution in [3.05, 3.63) is 68.6 Å². The largest absolute Gasteiger partial charge is 0.441 e. The van der Waals surface area contributed by atoms with E-state index in [-0.39, 0.29) is 43.2 Å². The number of fused-ring (bicyclic) bond motifs is 1. The lowest BCUT2D eigenvalue weighted by Crippen LogP contribution is -2.40. The molecule has 0 fully saturated rings. The Morgan fingerprint density at radius 1 is 1.09 bits per heavy atom. The summed E-state index contributed by atoms with van der Waals surface area (Å²) in [6.45, 7) is 4.70. The second kappa shape index (κ2) is 13.6. The molecule has 0 radical (unpaired) electrons. The first-order valence-corrected chi connectivity index (χ1v) is 15.7. The summed E-state index contributed by atoms with van der Waals surface area (Å²) >= 11 is 0. The average molecular weight is 640 g/mol. The second-order valence-corrected chi connectivity index (χ2v) is 12.5. The van der Waals surface area contributed by atoms with Crippen LogP contribution in [0.2, 0.25) is 0 Å². The van der Waals surface area contributed by atoms with Gasteiger partial charge in [-0.25, -0.2) is 18.7 Å². The predicted molar refractivity (Wildman–Crippen MR) is 160 cm³/mol. The summed E-state index contributed by atoms with van der Waals surface area (Å²) in [5.74, 6) is 0.00159. The third-order valence-corrected chi connectivity index (χ3v) is 8.83. The van der Waals surface area contributed by atoms with Gasteiger partial charge in [-0.05, 0) is 64.5 Å². The monoisotopic (exact) mass is 639 g/mol. The average Bonchev–Trinajstić information content (AvgIpc) is 3.60. The Kier molecular flexibility index (Phi) is 10.3. The summed E-state index contributed by atoms with van der Waals surface area (Å²) < 4.78 is 70.4. The molecule has 0 bridgehead atoms. The highest BCUT2D eigenvalue weighted by atomic mass is 31.2. The van der Waals surface area contributed by atoms with Gasteiger partial charge in [0.1, 0.15) is 0 Å². The van der Waals surface area contributed by atoms with Gasteiger partial charge in [-0.3, -0.25) is 27.7 Å². The van der Waals surface area contributed by atoms with Gasteiger partial charge in [-0.2, -0.15) is 18.3 Å². The van der Waals surface area contributed by atoms with E-state index in [9.17, 15) is 27.3 Å². The van der Waals surface area contributed by atoms with Crippen molar-refractivity contribution in [1.29, 1.82) is 0 Å². The summed E-state index contributed by atoms with van der Waals surface area (Å²) in [5, 5.41) is 4.29. The number of benzene rings is 1. The van der Waals surface area contributed by atoms with Crippen molar-refractivity contribution >= 4 is 18.9 Å². The lowest BCUT2D eigenvalue weighted by atomic mass is 10.1. The third kappa shape index (κ3) is 6.90. The van der Waals surface area contributed by atoms with Crippen LogP contribution in [0, 0.1) is 0 Å². The number of halogens is 3. The Balaban J connectivity index is 1.86. The van der Waals surface area contributed by atoms with Gasteiger partial charge in [0.05, 0.1) is 30.5 Å². The third-order valence-electron chi connectivity index (χ3n) is 6.98. The van der Waals surface area contributed by atoms with Crippen molar-refractivity contribution in [3.8, 4) is 11.4 Å². The molecule has 16 heteroatoms. The molecule has 1 aromatic carbocycles. The van der Waals surface area contributed by atoms with E-state index < -0.39 is 30.7 Å². The van der Waals surface area contributed by atoms with Crippen molar-refractivity contribution in [1.82, 2.24) is 33.1 Å². The van der Waals surface area contributed by atoms with E-state index in [1.165, 1.54) is 34.8 Å². The van der Waals surface area contributed by atoms with E-state index in [2.05, 4.69) is 10.1 Å². The van der Waals surface area contributed by atoms with Crippen LogP contribution in [-0.4, -0.2) is 67.5 Å². The molecule has 4 rings (SSSR count). The molecule has 3 aromatic heterocycles. The summed E-state index contributed by atoms with van der Waals surface area (Å²) in [5.41, 5.74) is -1.51. The quantitative estimate of drug-likeness (QED) is 0.144. The van der Waals surface area contributed by atoms with Crippen LogP contribution in [0.4, 0.5) is 13.2 Å². The number of nitrogens with zero attached hydrogens (tertiary/aromatic N) is 7. The molecule has 0 N–H and O–H groups in total. The normalized spacial score (nSPS) is 13.7.